The van der Waals surface area contributed by atoms with Crippen molar-refractivity contribution in [3.8, 4) is 22.8 Å². The van der Waals surface area contributed by atoms with Crippen LogP contribution in [0, 0.1) is 6.92 Å². The van der Waals surface area contributed by atoms with E-state index in [-0.39, 0.29) is 0 Å². The maximum Gasteiger partial charge on any atom is 0.209 e. The molecule has 1 N–H and O–H groups in total. The fourth-order valence-electron chi connectivity index (χ4n) is 2.41. The molecule has 4 rings (SSSR count). The van der Waals surface area contributed by atoms with Crippen LogP contribution in [-0.4, -0.2) is 25.1 Å². The number of nitrogens with one attached hydrogen (secondary N) is 1. The number of aromatic nitrogens is 5. The molecule has 3 heterocycles. The zero-order valence-corrected chi connectivity index (χ0v) is 14.3. The van der Waals surface area contributed by atoms with Crippen molar-refractivity contribution >= 4 is 11.8 Å². The average Bonchev–Trinajstić information content (AvgIpc) is 3.31. The molecule has 4 aromatic rings. The third-order valence-corrected chi connectivity index (χ3v) is 4.49. The highest BCUT2D eigenvalue weighted by Crippen LogP contribution is 2.26. The van der Waals surface area contributed by atoms with Crippen molar-refractivity contribution in [2.45, 2.75) is 17.8 Å². The molecular formula is C18H15N5OS. The van der Waals surface area contributed by atoms with Crippen molar-refractivity contribution in [3.63, 3.8) is 0 Å². The number of hydrogen-bond donors (Lipinski definition) is 1. The van der Waals surface area contributed by atoms with Crippen molar-refractivity contribution in [1.82, 2.24) is 25.1 Å². The molecule has 0 saturated carbocycles. The lowest BCUT2D eigenvalue weighted by atomic mass is 10.1. The van der Waals surface area contributed by atoms with E-state index in [2.05, 4.69) is 38.1 Å². The smallest absolute Gasteiger partial charge is 0.209 e. The molecule has 3 aromatic heterocycles. The van der Waals surface area contributed by atoms with E-state index < -0.39 is 0 Å². The number of benzene rings is 1. The van der Waals surface area contributed by atoms with E-state index in [1.165, 1.54) is 11.8 Å². The van der Waals surface area contributed by atoms with Gasteiger partial charge in [0.1, 0.15) is 5.69 Å². The normalized spacial score (nSPS) is 10.9. The monoisotopic (exact) mass is 349 g/mol. The minimum absolute atomic E-state index is 0.561. The van der Waals surface area contributed by atoms with E-state index in [0.29, 0.717) is 22.6 Å². The first-order chi connectivity index (χ1) is 12.3. The molecule has 7 heteroatoms. The topological polar surface area (TPSA) is 80.5 Å². The summed E-state index contributed by atoms with van der Waals surface area (Å²) in [5.74, 6) is 2.63. The third-order valence-electron chi connectivity index (χ3n) is 3.66. The second kappa shape index (κ2) is 6.90. The predicted octanol–water partition coefficient (Wildman–Crippen LogP) is 4.12. The summed E-state index contributed by atoms with van der Waals surface area (Å²) in [6.45, 7) is 2.05. The first kappa shape index (κ1) is 15.6. The van der Waals surface area contributed by atoms with E-state index in [0.717, 1.165) is 22.6 Å². The Kier molecular flexibility index (Phi) is 4.30. The minimum Gasteiger partial charge on any atom is -0.440 e. The summed E-state index contributed by atoms with van der Waals surface area (Å²) in [6, 6.07) is 13.7. The molecule has 0 spiro atoms. The largest absolute Gasteiger partial charge is 0.440 e. The zero-order chi connectivity index (χ0) is 17.1. The summed E-state index contributed by atoms with van der Waals surface area (Å²) < 4.78 is 5.85. The Morgan fingerprint density at radius 3 is 2.80 bits per heavy atom. The van der Waals surface area contributed by atoms with Crippen molar-refractivity contribution in [3.05, 3.63) is 66.3 Å². The Balaban J connectivity index is 1.44. The van der Waals surface area contributed by atoms with E-state index in [9.17, 15) is 0 Å². The summed E-state index contributed by atoms with van der Waals surface area (Å²) in [7, 11) is 0. The van der Waals surface area contributed by atoms with Gasteiger partial charge in [-0.3, -0.25) is 10.1 Å². The van der Waals surface area contributed by atoms with Gasteiger partial charge in [-0.1, -0.05) is 42.1 Å². The Morgan fingerprint density at radius 2 is 1.96 bits per heavy atom. The second-order valence-corrected chi connectivity index (χ2v) is 6.35. The molecule has 0 bridgehead atoms. The first-order valence-electron chi connectivity index (χ1n) is 7.77. The van der Waals surface area contributed by atoms with Gasteiger partial charge < -0.3 is 4.42 Å². The van der Waals surface area contributed by atoms with Gasteiger partial charge >= 0.3 is 0 Å². The van der Waals surface area contributed by atoms with Crippen LogP contribution in [0.4, 0.5) is 0 Å². The van der Waals surface area contributed by atoms with Gasteiger partial charge in [-0.15, -0.1) is 5.10 Å². The summed E-state index contributed by atoms with van der Waals surface area (Å²) in [5.41, 5.74) is 2.98. The molecule has 6 nitrogen and oxygen atoms in total. The zero-order valence-electron chi connectivity index (χ0n) is 13.5. The van der Waals surface area contributed by atoms with Crippen LogP contribution in [-0.2, 0) is 5.75 Å². The molecule has 1 aromatic carbocycles. The molecule has 0 aliphatic carbocycles. The summed E-state index contributed by atoms with van der Waals surface area (Å²) in [5, 5.41) is 7.74. The lowest BCUT2D eigenvalue weighted by Gasteiger charge is -2.00. The van der Waals surface area contributed by atoms with Gasteiger partial charge in [0.05, 0.1) is 11.9 Å². The average molecular weight is 349 g/mol. The highest BCUT2D eigenvalue weighted by atomic mass is 32.2. The predicted molar refractivity (Wildman–Crippen MR) is 95.9 cm³/mol. The SMILES string of the molecule is Cc1ccccc1-c1cnc(CSc2n[nH]c(-c3ccccn3)n2)o1. The standard InChI is InChI=1S/C18H15N5OS/c1-12-6-2-3-7-13(12)15-10-20-16(24-15)11-25-18-21-17(22-23-18)14-8-4-5-9-19-14/h2-10H,11H2,1H3,(H,21,22,23). The Bertz CT molecular complexity index is 980. The van der Waals surface area contributed by atoms with Crippen LogP contribution in [0.15, 0.2) is 64.4 Å². The second-order valence-electron chi connectivity index (χ2n) is 5.40. The van der Waals surface area contributed by atoms with Gasteiger partial charge in [-0.25, -0.2) is 4.98 Å². The number of nitrogens with zero attached hydrogens (tertiary/aromatic N) is 4. The van der Waals surface area contributed by atoms with Gasteiger partial charge in [0.25, 0.3) is 0 Å². The molecule has 0 amide bonds. The van der Waals surface area contributed by atoms with Crippen LogP contribution >= 0.6 is 11.8 Å². The van der Waals surface area contributed by atoms with E-state index in [4.69, 9.17) is 4.42 Å². The van der Waals surface area contributed by atoms with Crippen LogP contribution in [0.2, 0.25) is 0 Å². The van der Waals surface area contributed by atoms with Crippen LogP contribution < -0.4 is 0 Å². The van der Waals surface area contributed by atoms with Crippen molar-refractivity contribution in [1.29, 1.82) is 0 Å². The highest BCUT2D eigenvalue weighted by molar-refractivity contribution is 7.98. The molecule has 124 valence electrons. The molecule has 25 heavy (non-hydrogen) atoms. The number of aryl methyl sites for hydroxylation is 1. The maximum absolute atomic E-state index is 5.85. The van der Waals surface area contributed by atoms with Crippen LogP contribution in [0.3, 0.4) is 0 Å². The van der Waals surface area contributed by atoms with Crippen molar-refractivity contribution < 1.29 is 4.42 Å². The quantitative estimate of drug-likeness (QED) is 0.546. The van der Waals surface area contributed by atoms with Gasteiger partial charge in [0.15, 0.2) is 11.6 Å². The minimum atomic E-state index is 0.561. The first-order valence-corrected chi connectivity index (χ1v) is 8.75. The van der Waals surface area contributed by atoms with Crippen molar-refractivity contribution in [2.75, 3.05) is 0 Å². The molecular weight excluding hydrogens is 334 g/mol. The van der Waals surface area contributed by atoms with E-state index in [1.807, 2.05) is 36.4 Å². The number of hydrogen-bond acceptors (Lipinski definition) is 6. The van der Waals surface area contributed by atoms with Gasteiger partial charge in [0, 0.05) is 11.8 Å². The Hall–Kier alpha value is -2.93. The maximum atomic E-state index is 5.85. The Labute approximate surface area is 148 Å². The van der Waals surface area contributed by atoms with E-state index >= 15 is 0 Å². The fourth-order valence-corrected chi connectivity index (χ4v) is 3.06. The van der Waals surface area contributed by atoms with Crippen LogP contribution in [0.25, 0.3) is 22.8 Å². The summed E-state index contributed by atoms with van der Waals surface area (Å²) in [6.07, 6.45) is 3.49. The van der Waals surface area contributed by atoms with Crippen molar-refractivity contribution in [2.24, 2.45) is 0 Å². The molecule has 0 atom stereocenters. The van der Waals surface area contributed by atoms with Gasteiger partial charge in [-0.2, -0.15) is 4.98 Å². The molecule has 0 unspecified atom stereocenters. The fraction of sp³-hybridized carbons (Fsp3) is 0.111. The molecule has 0 radical (unpaired) electrons. The number of aromatic amines is 1. The lowest BCUT2D eigenvalue weighted by molar-refractivity contribution is 0.529. The van der Waals surface area contributed by atoms with Gasteiger partial charge in [-0.05, 0) is 24.6 Å². The number of oxazole rings is 1. The number of rotatable bonds is 5. The molecule has 0 aliphatic rings. The number of H-pyrrole nitrogens is 1. The number of thioether (sulfide) groups is 1. The Morgan fingerprint density at radius 1 is 1.08 bits per heavy atom. The molecule has 0 saturated heterocycles. The molecule has 0 aliphatic heterocycles. The van der Waals surface area contributed by atoms with E-state index in [1.54, 1.807) is 12.4 Å². The summed E-state index contributed by atoms with van der Waals surface area (Å²) in [4.78, 5) is 13.0. The third kappa shape index (κ3) is 3.46. The highest BCUT2D eigenvalue weighted by Gasteiger charge is 2.11. The van der Waals surface area contributed by atoms with Crippen LogP contribution in [0.5, 0.6) is 0 Å². The van der Waals surface area contributed by atoms with Crippen LogP contribution in [0.1, 0.15) is 11.5 Å². The lowest BCUT2D eigenvalue weighted by Crippen LogP contribution is -1.84. The molecule has 0 fully saturated rings. The summed E-state index contributed by atoms with van der Waals surface area (Å²) >= 11 is 1.46. The number of pyridine rings is 1. The van der Waals surface area contributed by atoms with Gasteiger partial charge in [0.2, 0.25) is 11.0 Å².